The summed E-state index contributed by atoms with van der Waals surface area (Å²) in [6.45, 7) is 3.91. The van der Waals surface area contributed by atoms with E-state index in [1.807, 2.05) is 32.0 Å². The van der Waals surface area contributed by atoms with Crippen LogP contribution in [-0.4, -0.2) is 5.91 Å². The summed E-state index contributed by atoms with van der Waals surface area (Å²) >= 11 is 3.45. The van der Waals surface area contributed by atoms with Crippen molar-refractivity contribution in [2.45, 2.75) is 20.3 Å². The molecule has 1 rings (SSSR count). The lowest BCUT2D eigenvalue weighted by Gasteiger charge is -2.08. The van der Waals surface area contributed by atoms with Crippen molar-refractivity contribution in [2.24, 2.45) is 0 Å². The first-order chi connectivity index (χ1) is 7.04. The van der Waals surface area contributed by atoms with Crippen molar-refractivity contribution in [1.29, 1.82) is 5.26 Å². The maximum absolute atomic E-state index is 11.2. The number of hydrogen-bond acceptors (Lipinski definition) is 2. The van der Waals surface area contributed by atoms with E-state index >= 15 is 0 Å². The van der Waals surface area contributed by atoms with Gasteiger partial charge < -0.3 is 5.32 Å². The largest absolute Gasteiger partial charge is 0.325 e. The Labute approximate surface area is 97.2 Å². The first kappa shape index (κ1) is 11.7. The Hall–Kier alpha value is -1.34. The first-order valence-corrected chi connectivity index (χ1v) is 5.27. The van der Waals surface area contributed by atoms with Crippen LogP contribution in [0.1, 0.15) is 17.5 Å². The fourth-order valence-electron chi connectivity index (χ4n) is 1.30. The highest BCUT2D eigenvalue weighted by Crippen LogP contribution is 2.24. The summed E-state index contributed by atoms with van der Waals surface area (Å²) in [7, 11) is 0. The second-order valence-corrected chi connectivity index (χ2v) is 4.10. The van der Waals surface area contributed by atoms with Gasteiger partial charge in [-0.15, -0.1) is 0 Å². The monoisotopic (exact) mass is 266 g/mol. The van der Waals surface area contributed by atoms with Crippen LogP contribution in [0.5, 0.6) is 0 Å². The topological polar surface area (TPSA) is 52.9 Å². The number of hydrogen-bond donors (Lipinski definition) is 1. The highest BCUT2D eigenvalue weighted by Gasteiger charge is 2.05. The standard InChI is InChI=1S/C11H11BrN2O/c1-7-5-9(6-8(2)11(7)12)14-10(15)3-4-13/h5-6H,3H2,1-2H3,(H,14,15). The number of aryl methyl sites for hydroxylation is 2. The summed E-state index contributed by atoms with van der Waals surface area (Å²) < 4.78 is 1.04. The molecule has 0 atom stereocenters. The molecule has 0 saturated heterocycles. The average Bonchev–Trinajstić information content (AvgIpc) is 2.14. The Kier molecular flexibility index (Phi) is 3.87. The number of anilines is 1. The predicted molar refractivity (Wildman–Crippen MR) is 62.5 cm³/mol. The van der Waals surface area contributed by atoms with Gasteiger partial charge in [0.15, 0.2) is 0 Å². The highest BCUT2D eigenvalue weighted by atomic mass is 79.9. The molecule has 0 saturated carbocycles. The van der Waals surface area contributed by atoms with Crippen molar-refractivity contribution < 1.29 is 4.79 Å². The molecule has 0 spiro atoms. The third kappa shape index (κ3) is 3.07. The smallest absolute Gasteiger partial charge is 0.238 e. The fraction of sp³-hybridized carbons (Fsp3) is 0.273. The van der Waals surface area contributed by atoms with E-state index in [-0.39, 0.29) is 12.3 Å². The molecule has 3 nitrogen and oxygen atoms in total. The van der Waals surface area contributed by atoms with Gasteiger partial charge in [0.2, 0.25) is 5.91 Å². The molecule has 0 aliphatic heterocycles. The van der Waals surface area contributed by atoms with Crippen molar-refractivity contribution >= 4 is 27.5 Å². The van der Waals surface area contributed by atoms with Crippen LogP contribution in [0.3, 0.4) is 0 Å². The van der Waals surface area contributed by atoms with Crippen LogP contribution in [0.25, 0.3) is 0 Å². The molecule has 1 N–H and O–H groups in total. The summed E-state index contributed by atoms with van der Waals surface area (Å²) in [5, 5.41) is 11.0. The molecular weight excluding hydrogens is 256 g/mol. The van der Waals surface area contributed by atoms with Crippen molar-refractivity contribution in [3.8, 4) is 6.07 Å². The molecule has 78 valence electrons. The number of amides is 1. The predicted octanol–water partition coefficient (Wildman–Crippen LogP) is 2.92. The minimum atomic E-state index is -0.279. The zero-order chi connectivity index (χ0) is 11.4. The lowest BCUT2D eigenvalue weighted by Crippen LogP contribution is -2.10. The van der Waals surface area contributed by atoms with Gasteiger partial charge in [0.25, 0.3) is 0 Å². The van der Waals surface area contributed by atoms with E-state index < -0.39 is 0 Å². The molecule has 0 aliphatic carbocycles. The first-order valence-electron chi connectivity index (χ1n) is 4.48. The number of carbonyl (C=O) groups excluding carboxylic acids is 1. The van der Waals surface area contributed by atoms with Gasteiger partial charge in [0.1, 0.15) is 6.42 Å². The van der Waals surface area contributed by atoms with Crippen LogP contribution < -0.4 is 5.32 Å². The molecule has 0 aliphatic rings. The van der Waals surface area contributed by atoms with E-state index in [0.29, 0.717) is 0 Å². The maximum Gasteiger partial charge on any atom is 0.238 e. The van der Waals surface area contributed by atoms with Crippen LogP contribution in [0.2, 0.25) is 0 Å². The number of nitriles is 1. The molecule has 1 aromatic carbocycles. The van der Waals surface area contributed by atoms with E-state index in [1.165, 1.54) is 0 Å². The molecule has 1 aromatic rings. The summed E-state index contributed by atoms with van der Waals surface area (Å²) in [5.41, 5.74) is 2.85. The Morgan fingerprint density at radius 3 is 2.47 bits per heavy atom. The molecule has 0 fully saturated rings. The zero-order valence-corrected chi connectivity index (χ0v) is 10.2. The van der Waals surface area contributed by atoms with E-state index in [2.05, 4.69) is 21.2 Å². The molecule has 1 amide bonds. The van der Waals surface area contributed by atoms with Crippen molar-refractivity contribution in [3.05, 3.63) is 27.7 Å². The number of halogens is 1. The molecular formula is C11H11BrN2O. The summed E-state index contributed by atoms with van der Waals surface area (Å²) in [4.78, 5) is 11.2. The summed E-state index contributed by atoms with van der Waals surface area (Å²) in [6, 6.07) is 5.54. The van der Waals surface area contributed by atoms with Gasteiger partial charge in [0, 0.05) is 10.2 Å². The normalized spacial score (nSPS) is 9.47. The van der Waals surface area contributed by atoms with Crippen molar-refractivity contribution in [2.75, 3.05) is 5.32 Å². The average molecular weight is 267 g/mol. The molecule has 15 heavy (non-hydrogen) atoms. The van der Waals surface area contributed by atoms with Crippen LogP contribution >= 0.6 is 15.9 Å². The zero-order valence-electron chi connectivity index (χ0n) is 8.60. The second kappa shape index (κ2) is 4.94. The van der Waals surface area contributed by atoms with E-state index in [1.54, 1.807) is 0 Å². The van der Waals surface area contributed by atoms with Gasteiger partial charge in [-0.05, 0) is 37.1 Å². The van der Waals surface area contributed by atoms with Gasteiger partial charge >= 0.3 is 0 Å². The van der Waals surface area contributed by atoms with Crippen molar-refractivity contribution in [1.82, 2.24) is 0 Å². The van der Waals surface area contributed by atoms with E-state index in [4.69, 9.17) is 5.26 Å². The van der Waals surface area contributed by atoms with Gasteiger partial charge in [-0.3, -0.25) is 4.79 Å². The Balaban J connectivity index is 2.89. The third-order valence-electron chi connectivity index (χ3n) is 1.96. The Bertz CT molecular complexity index is 412. The van der Waals surface area contributed by atoms with Gasteiger partial charge in [0.05, 0.1) is 6.07 Å². The van der Waals surface area contributed by atoms with E-state index in [0.717, 1.165) is 21.3 Å². The molecule has 0 bridgehead atoms. The molecule has 0 aromatic heterocycles. The number of carbonyl (C=O) groups is 1. The molecule has 0 unspecified atom stereocenters. The quantitative estimate of drug-likeness (QED) is 0.895. The Morgan fingerprint density at radius 1 is 1.47 bits per heavy atom. The van der Waals surface area contributed by atoms with Crippen LogP contribution in [-0.2, 0) is 4.79 Å². The number of rotatable bonds is 2. The molecule has 4 heteroatoms. The van der Waals surface area contributed by atoms with Gasteiger partial charge in [-0.2, -0.15) is 5.26 Å². The minimum Gasteiger partial charge on any atom is -0.325 e. The third-order valence-corrected chi connectivity index (χ3v) is 3.21. The highest BCUT2D eigenvalue weighted by molar-refractivity contribution is 9.10. The second-order valence-electron chi connectivity index (χ2n) is 3.31. The SMILES string of the molecule is Cc1cc(NC(=O)CC#N)cc(C)c1Br. The lowest BCUT2D eigenvalue weighted by molar-refractivity contribution is -0.115. The number of nitrogens with one attached hydrogen (secondary N) is 1. The summed E-state index contributed by atoms with van der Waals surface area (Å²) in [6.07, 6.45) is -0.117. The fourth-order valence-corrected chi connectivity index (χ4v) is 1.52. The van der Waals surface area contributed by atoms with E-state index in [9.17, 15) is 4.79 Å². The van der Waals surface area contributed by atoms with Crippen LogP contribution in [0.4, 0.5) is 5.69 Å². The van der Waals surface area contributed by atoms with Gasteiger partial charge in [-0.25, -0.2) is 0 Å². The van der Waals surface area contributed by atoms with Crippen LogP contribution in [0.15, 0.2) is 16.6 Å². The molecule has 0 radical (unpaired) electrons. The van der Waals surface area contributed by atoms with Crippen molar-refractivity contribution in [3.63, 3.8) is 0 Å². The minimum absolute atomic E-state index is 0.117. The van der Waals surface area contributed by atoms with Gasteiger partial charge in [-0.1, -0.05) is 15.9 Å². The lowest BCUT2D eigenvalue weighted by atomic mass is 10.1. The number of nitrogens with zero attached hydrogens (tertiary/aromatic N) is 1. The number of benzene rings is 1. The molecule has 0 heterocycles. The summed E-state index contributed by atoms with van der Waals surface area (Å²) in [5.74, 6) is -0.279. The van der Waals surface area contributed by atoms with Crippen LogP contribution in [0, 0.1) is 25.2 Å². The Morgan fingerprint density at radius 2 is 2.00 bits per heavy atom. The maximum atomic E-state index is 11.2.